The fraction of sp³-hybridized carbons (Fsp3) is 0.200. The van der Waals surface area contributed by atoms with E-state index >= 15 is 0 Å². The summed E-state index contributed by atoms with van der Waals surface area (Å²) in [4.78, 5) is 9.01. The van der Waals surface area contributed by atoms with Crippen molar-refractivity contribution >= 4 is 5.65 Å². The summed E-state index contributed by atoms with van der Waals surface area (Å²) in [5.41, 5.74) is 8.97. The summed E-state index contributed by atoms with van der Waals surface area (Å²) in [6, 6.07) is 12.3. The van der Waals surface area contributed by atoms with Crippen LogP contribution in [0, 0.1) is 0 Å². The molecule has 0 aliphatic carbocycles. The lowest BCUT2D eigenvalue weighted by Gasteiger charge is -1.99. The van der Waals surface area contributed by atoms with Crippen LogP contribution in [0.1, 0.15) is 17.1 Å². The maximum Gasteiger partial charge on any atom is 0.159 e. The lowest BCUT2D eigenvalue weighted by Crippen LogP contribution is -2.02. The van der Waals surface area contributed by atoms with E-state index in [9.17, 15) is 0 Å². The quantitative estimate of drug-likeness (QED) is 0.772. The number of aryl methyl sites for hydroxylation is 2. The molecule has 0 bridgehead atoms. The van der Waals surface area contributed by atoms with E-state index in [1.165, 1.54) is 5.56 Å². The van der Waals surface area contributed by atoms with E-state index in [0.29, 0.717) is 6.54 Å². The Morgan fingerprint density at radius 3 is 2.68 bits per heavy atom. The molecule has 0 saturated carbocycles. The zero-order chi connectivity index (χ0) is 13.1. The number of aromatic nitrogens is 3. The molecule has 0 radical (unpaired) electrons. The molecule has 0 atom stereocenters. The third-order valence-corrected chi connectivity index (χ3v) is 3.22. The highest BCUT2D eigenvalue weighted by molar-refractivity contribution is 5.45. The van der Waals surface area contributed by atoms with E-state index in [1.807, 2.05) is 22.7 Å². The van der Waals surface area contributed by atoms with Crippen LogP contribution in [-0.4, -0.2) is 14.4 Å². The van der Waals surface area contributed by atoms with Gasteiger partial charge in [0.15, 0.2) is 5.65 Å². The van der Waals surface area contributed by atoms with Crippen molar-refractivity contribution in [1.82, 2.24) is 14.4 Å². The van der Waals surface area contributed by atoms with Crippen molar-refractivity contribution in [3.63, 3.8) is 0 Å². The fourth-order valence-corrected chi connectivity index (χ4v) is 2.27. The summed E-state index contributed by atoms with van der Waals surface area (Å²) < 4.78 is 1.97. The molecule has 0 spiro atoms. The van der Waals surface area contributed by atoms with Crippen LogP contribution in [0.2, 0.25) is 0 Å². The van der Waals surface area contributed by atoms with Crippen LogP contribution in [0.3, 0.4) is 0 Å². The number of benzene rings is 1. The van der Waals surface area contributed by atoms with E-state index in [-0.39, 0.29) is 0 Å². The largest absolute Gasteiger partial charge is 0.324 e. The van der Waals surface area contributed by atoms with Crippen molar-refractivity contribution in [2.24, 2.45) is 5.73 Å². The molecule has 19 heavy (non-hydrogen) atoms. The number of hydrogen-bond acceptors (Lipinski definition) is 3. The molecule has 4 nitrogen and oxygen atoms in total. The van der Waals surface area contributed by atoms with Gasteiger partial charge in [0, 0.05) is 12.4 Å². The van der Waals surface area contributed by atoms with Crippen molar-refractivity contribution < 1.29 is 0 Å². The first kappa shape index (κ1) is 11.9. The molecule has 0 amide bonds. The molecule has 0 saturated heterocycles. The molecule has 96 valence electrons. The van der Waals surface area contributed by atoms with Gasteiger partial charge in [-0.3, -0.25) is 4.40 Å². The van der Waals surface area contributed by atoms with Crippen LogP contribution in [0.4, 0.5) is 0 Å². The molecule has 2 aromatic heterocycles. The molecule has 3 rings (SSSR count). The Balaban J connectivity index is 1.89. The van der Waals surface area contributed by atoms with Crippen molar-refractivity contribution in [2.45, 2.75) is 19.4 Å². The molecule has 4 heteroatoms. The van der Waals surface area contributed by atoms with E-state index in [0.717, 1.165) is 30.0 Å². The molecule has 0 aliphatic heterocycles. The monoisotopic (exact) mass is 252 g/mol. The lowest BCUT2D eigenvalue weighted by molar-refractivity contribution is 0.876. The minimum atomic E-state index is 0.429. The molecule has 2 heterocycles. The summed E-state index contributed by atoms with van der Waals surface area (Å²) in [5.74, 6) is 0.867. The predicted molar refractivity (Wildman–Crippen MR) is 74.7 cm³/mol. The zero-order valence-corrected chi connectivity index (χ0v) is 10.7. The molecule has 0 fully saturated rings. The highest BCUT2D eigenvalue weighted by Crippen LogP contribution is 2.13. The topological polar surface area (TPSA) is 56.2 Å². The Morgan fingerprint density at radius 2 is 1.89 bits per heavy atom. The zero-order valence-electron chi connectivity index (χ0n) is 10.7. The summed E-state index contributed by atoms with van der Waals surface area (Å²) in [5, 5.41) is 0. The van der Waals surface area contributed by atoms with Gasteiger partial charge in [-0.25, -0.2) is 9.97 Å². The first-order valence-corrected chi connectivity index (χ1v) is 6.43. The van der Waals surface area contributed by atoms with Crippen molar-refractivity contribution in [3.05, 3.63) is 65.9 Å². The number of nitrogens with two attached hydrogens (primary N) is 1. The van der Waals surface area contributed by atoms with E-state index < -0.39 is 0 Å². The number of rotatable bonds is 4. The Labute approximate surface area is 111 Å². The minimum absolute atomic E-state index is 0.429. The second kappa shape index (κ2) is 5.20. The lowest BCUT2D eigenvalue weighted by atomic mass is 10.1. The van der Waals surface area contributed by atoms with Gasteiger partial charge >= 0.3 is 0 Å². The van der Waals surface area contributed by atoms with Gasteiger partial charge in [-0.2, -0.15) is 0 Å². The molecule has 3 aromatic rings. The molecule has 2 N–H and O–H groups in total. The SMILES string of the molecule is NCc1nc(CCc2ccccc2)c2ncccn12. The summed E-state index contributed by atoms with van der Waals surface area (Å²) in [7, 11) is 0. The molecule has 0 aliphatic rings. The maximum atomic E-state index is 5.73. The Bertz CT molecular complexity index is 673. The summed E-state index contributed by atoms with van der Waals surface area (Å²) in [6.45, 7) is 0.429. The highest BCUT2D eigenvalue weighted by atomic mass is 15.1. The molecule has 1 aromatic carbocycles. The van der Waals surface area contributed by atoms with Crippen LogP contribution in [0.5, 0.6) is 0 Å². The minimum Gasteiger partial charge on any atom is -0.324 e. The fourth-order valence-electron chi connectivity index (χ4n) is 2.27. The van der Waals surface area contributed by atoms with Gasteiger partial charge in [-0.05, 0) is 24.5 Å². The highest BCUT2D eigenvalue weighted by Gasteiger charge is 2.10. The standard InChI is InChI=1S/C15H16N4/c16-11-14-18-13(15-17-9-4-10-19(14)15)8-7-12-5-2-1-3-6-12/h1-6,9-10H,7-8,11,16H2. The van der Waals surface area contributed by atoms with Crippen LogP contribution >= 0.6 is 0 Å². The number of imidazole rings is 1. The third kappa shape index (κ3) is 2.35. The summed E-state index contributed by atoms with van der Waals surface area (Å²) >= 11 is 0. The number of fused-ring (bicyclic) bond motifs is 1. The van der Waals surface area contributed by atoms with Gasteiger partial charge in [-0.15, -0.1) is 0 Å². The van der Waals surface area contributed by atoms with Crippen LogP contribution < -0.4 is 5.73 Å². The van der Waals surface area contributed by atoms with Crippen molar-refractivity contribution in [2.75, 3.05) is 0 Å². The van der Waals surface area contributed by atoms with E-state index in [4.69, 9.17) is 5.73 Å². The van der Waals surface area contributed by atoms with Gasteiger partial charge in [0.1, 0.15) is 5.82 Å². The normalized spacial score (nSPS) is 11.0. The van der Waals surface area contributed by atoms with Gasteiger partial charge in [0.05, 0.1) is 12.2 Å². The van der Waals surface area contributed by atoms with Gasteiger partial charge < -0.3 is 5.73 Å². The Hall–Kier alpha value is -2.20. The predicted octanol–water partition coefficient (Wildman–Crippen LogP) is 1.97. The average molecular weight is 252 g/mol. The first-order chi connectivity index (χ1) is 9.38. The third-order valence-electron chi connectivity index (χ3n) is 3.22. The van der Waals surface area contributed by atoms with Crippen LogP contribution in [-0.2, 0) is 19.4 Å². The van der Waals surface area contributed by atoms with Gasteiger partial charge in [0.2, 0.25) is 0 Å². The molecular formula is C15H16N4. The smallest absolute Gasteiger partial charge is 0.159 e. The van der Waals surface area contributed by atoms with Crippen LogP contribution in [0.25, 0.3) is 5.65 Å². The van der Waals surface area contributed by atoms with E-state index in [2.05, 4.69) is 34.2 Å². The molecule has 0 unspecified atom stereocenters. The first-order valence-electron chi connectivity index (χ1n) is 6.43. The van der Waals surface area contributed by atoms with Gasteiger partial charge in [-0.1, -0.05) is 30.3 Å². The summed E-state index contributed by atoms with van der Waals surface area (Å²) in [6.07, 6.45) is 5.60. The second-order valence-corrected chi connectivity index (χ2v) is 4.48. The van der Waals surface area contributed by atoms with Crippen LogP contribution in [0.15, 0.2) is 48.8 Å². The Morgan fingerprint density at radius 1 is 1.05 bits per heavy atom. The van der Waals surface area contributed by atoms with Crippen molar-refractivity contribution in [1.29, 1.82) is 0 Å². The number of hydrogen-bond donors (Lipinski definition) is 1. The van der Waals surface area contributed by atoms with Crippen molar-refractivity contribution in [3.8, 4) is 0 Å². The Kier molecular flexibility index (Phi) is 3.25. The second-order valence-electron chi connectivity index (χ2n) is 4.48. The van der Waals surface area contributed by atoms with Gasteiger partial charge in [0.25, 0.3) is 0 Å². The average Bonchev–Trinajstić information content (AvgIpc) is 2.84. The number of nitrogens with zero attached hydrogens (tertiary/aromatic N) is 3. The van der Waals surface area contributed by atoms with E-state index in [1.54, 1.807) is 6.20 Å². The molecular weight excluding hydrogens is 236 g/mol. The maximum absolute atomic E-state index is 5.73.